The minimum atomic E-state index is -0.470. The predicted molar refractivity (Wildman–Crippen MR) is 72.4 cm³/mol. The molecule has 0 aliphatic rings. The van der Waals surface area contributed by atoms with Gasteiger partial charge in [-0.1, -0.05) is 24.9 Å². The second kappa shape index (κ2) is 7.21. The quantitative estimate of drug-likeness (QED) is 0.781. The molecule has 2 N–H and O–H groups in total. The van der Waals surface area contributed by atoms with Crippen molar-refractivity contribution in [2.24, 2.45) is 0 Å². The van der Waals surface area contributed by atoms with E-state index in [0.717, 1.165) is 12.8 Å². The van der Waals surface area contributed by atoms with Gasteiger partial charge in [-0.05, 0) is 31.5 Å². The van der Waals surface area contributed by atoms with E-state index in [4.69, 9.17) is 11.6 Å². The fraction of sp³-hybridized carbons (Fsp3) is 0.462. The summed E-state index contributed by atoms with van der Waals surface area (Å²) < 4.78 is 13.0. The lowest BCUT2D eigenvalue weighted by molar-refractivity contribution is -0.121. The first-order valence-electron chi connectivity index (χ1n) is 6.04. The zero-order valence-electron chi connectivity index (χ0n) is 10.6. The molecule has 0 bridgehead atoms. The number of carbonyl (C=O) groups is 1. The minimum absolute atomic E-state index is 0.0404. The number of hydrogen-bond donors (Lipinski definition) is 2. The van der Waals surface area contributed by atoms with Gasteiger partial charge in [0.25, 0.3) is 0 Å². The van der Waals surface area contributed by atoms with E-state index in [0.29, 0.717) is 12.2 Å². The average Bonchev–Trinajstić information content (AvgIpc) is 2.34. The molecule has 0 heterocycles. The highest BCUT2D eigenvalue weighted by molar-refractivity contribution is 6.31. The van der Waals surface area contributed by atoms with Crippen LogP contribution in [0.4, 0.5) is 10.1 Å². The molecule has 0 aromatic heterocycles. The average molecular weight is 273 g/mol. The fourth-order valence-electron chi connectivity index (χ4n) is 1.44. The monoisotopic (exact) mass is 272 g/mol. The van der Waals surface area contributed by atoms with Crippen molar-refractivity contribution in [1.82, 2.24) is 5.32 Å². The maximum atomic E-state index is 13.0. The van der Waals surface area contributed by atoms with Gasteiger partial charge < -0.3 is 10.6 Å². The molecule has 1 atom stereocenters. The van der Waals surface area contributed by atoms with Crippen LogP contribution in [0.1, 0.15) is 26.7 Å². The Labute approximate surface area is 112 Å². The molecule has 0 radical (unpaired) electrons. The predicted octanol–water partition coefficient (Wildman–Crippen LogP) is 3.20. The number of rotatable bonds is 6. The summed E-state index contributed by atoms with van der Waals surface area (Å²) in [6.45, 7) is 4.48. The molecule has 0 saturated heterocycles. The summed E-state index contributed by atoms with van der Waals surface area (Å²) in [7, 11) is 0. The molecule has 0 aliphatic heterocycles. The largest absolute Gasteiger partial charge is 0.374 e. The zero-order valence-corrected chi connectivity index (χ0v) is 11.4. The van der Waals surface area contributed by atoms with Gasteiger partial charge >= 0.3 is 0 Å². The van der Waals surface area contributed by atoms with Crippen molar-refractivity contribution >= 4 is 23.2 Å². The third kappa shape index (κ3) is 4.53. The Morgan fingerprint density at radius 1 is 1.50 bits per heavy atom. The molecule has 1 amide bonds. The van der Waals surface area contributed by atoms with E-state index in [1.165, 1.54) is 12.1 Å². The van der Waals surface area contributed by atoms with Gasteiger partial charge in [-0.2, -0.15) is 0 Å². The maximum Gasteiger partial charge on any atom is 0.242 e. The standard InChI is InChI=1S/C13H18ClFN2O/c1-3-4-7-16-13(18)9(2)17-10-5-6-12(15)11(14)8-10/h5-6,8-9,17H,3-4,7H2,1-2H3,(H,16,18). The molecule has 1 aromatic rings. The molecule has 1 aromatic carbocycles. The van der Waals surface area contributed by atoms with Crippen molar-refractivity contribution < 1.29 is 9.18 Å². The van der Waals surface area contributed by atoms with Gasteiger partial charge in [0, 0.05) is 12.2 Å². The zero-order chi connectivity index (χ0) is 13.5. The normalized spacial score (nSPS) is 12.0. The van der Waals surface area contributed by atoms with Crippen LogP contribution in [0.5, 0.6) is 0 Å². The van der Waals surface area contributed by atoms with Crippen molar-refractivity contribution in [2.45, 2.75) is 32.7 Å². The summed E-state index contributed by atoms with van der Waals surface area (Å²) in [4.78, 5) is 11.7. The number of nitrogens with one attached hydrogen (secondary N) is 2. The van der Waals surface area contributed by atoms with Crippen LogP contribution in [0.15, 0.2) is 18.2 Å². The SMILES string of the molecule is CCCCNC(=O)C(C)Nc1ccc(F)c(Cl)c1. The van der Waals surface area contributed by atoms with Crippen LogP contribution in [0.25, 0.3) is 0 Å². The van der Waals surface area contributed by atoms with Crippen molar-refractivity contribution in [3.8, 4) is 0 Å². The summed E-state index contributed by atoms with van der Waals surface area (Å²) in [6.07, 6.45) is 2.00. The highest BCUT2D eigenvalue weighted by atomic mass is 35.5. The molecule has 18 heavy (non-hydrogen) atoms. The van der Waals surface area contributed by atoms with Gasteiger partial charge in [0.1, 0.15) is 11.9 Å². The highest BCUT2D eigenvalue weighted by Crippen LogP contribution is 2.19. The van der Waals surface area contributed by atoms with Crippen molar-refractivity contribution in [1.29, 1.82) is 0 Å². The van der Waals surface area contributed by atoms with Gasteiger partial charge in [-0.3, -0.25) is 4.79 Å². The van der Waals surface area contributed by atoms with E-state index in [1.54, 1.807) is 13.0 Å². The van der Waals surface area contributed by atoms with Crippen LogP contribution < -0.4 is 10.6 Å². The third-order valence-electron chi connectivity index (χ3n) is 2.53. The van der Waals surface area contributed by atoms with Crippen LogP contribution in [0, 0.1) is 5.82 Å². The van der Waals surface area contributed by atoms with Crippen LogP contribution in [0.2, 0.25) is 5.02 Å². The van der Waals surface area contributed by atoms with E-state index in [9.17, 15) is 9.18 Å². The number of halogens is 2. The number of hydrogen-bond acceptors (Lipinski definition) is 2. The summed E-state index contributed by atoms with van der Waals surface area (Å²) in [6, 6.07) is 3.90. The van der Waals surface area contributed by atoms with Crippen LogP contribution >= 0.6 is 11.6 Å². The van der Waals surface area contributed by atoms with Crippen LogP contribution in [-0.4, -0.2) is 18.5 Å². The van der Waals surface area contributed by atoms with Crippen LogP contribution in [0.3, 0.4) is 0 Å². The van der Waals surface area contributed by atoms with E-state index in [1.807, 2.05) is 0 Å². The lowest BCUT2D eigenvalue weighted by atomic mass is 10.2. The van der Waals surface area contributed by atoms with E-state index >= 15 is 0 Å². The maximum absolute atomic E-state index is 13.0. The number of carbonyl (C=O) groups excluding carboxylic acids is 1. The summed E-state index contributed by atoms with van der Waals surface area (Å²) >= 11 is 5.66. The molecule has 1 rings (SSSR count). The molecule has 100 valence electrons. The highest BCUT2D eigenvalue weighted by Gasteiger charge is 2.12. The molecule has 1 unspecified atom stereocenters. The first kappa shape index (κ1) is 14.8. The summed E-state index contributed by atoms with van der Waals surface area (Å²) in [5.74, 6) is -0.550. The number of anilines is 1. The Bertz CT molecular complexity index is 412. The molecule has 0 aliphatic carbocycles. The van der Waals surface area contributed by atoms with E-state index < -0.39 is 5.82 Å². The van der Waals surface area contributed by atoms with Gasteiger partial charge in [0.2, 0.25) is 5.91 Å². The van der Waals surface area contributed by atoms with Crippen LogP contribution in [-0.2, 0) is 4.79 Å². The van der Waals surface area contributed by atoms with Gasteiger partial charge in [-0.15, -0.1) is 0 Å². The molecular weight excluding hydrogens is 255 g/mol. The Morgan fingerprint density at radius 3 is 2.83 bits per heavy atom. The fourth-order valence-corrected chi connectivity index (χ4v) is 1.62. The van der Waals surface area contributed by atoms with Crippen molar-refractivity contribution in [3.63, 3.8) is 0 Å². The minimum Gasteiger partial charge on any atom is -0.374 e. The molecule has 0 spiro atoms. The van der Waals surface area contributed by atoms with E-state index in [-0.39, 0.29) is 17.0 Å². The number of amides is 1. The molecule has 3 nitrogen and oxygen atoms in total. The Kier molecular flexibility index (Phi) is 5.92. The Hall–Kier alpha value is -1.29. The molecule has 0 fully saturated rings. The topological polar surface area (TPSA) is 41.1 Å². The van der Waals surface area contributed by atoms with Crippen molar-refractivity contribution in [2.75, 3.05) is 11.9 Å². The first-order chi connectivity index (χ1) is 8.54. The van der Waals surface area contributed by atoms with Gasteiger partial charge in [0.15, 0.2) is 0 Å². The van der Waals surface area contributed by atoms with Gasteiger partial charge in [0.05, 0.1) is 5.02 Å². The Morgan fingerprint density at radius 2 is 2.22 bits per heavy atom. The summed E-state index contributed by atoms with van der Waals surface area (Å²) in [5, 5.41) is 5.83. The smallest absolute Gasteiger partial charge is 0.242 e. The third-order valence-corrected chi connectivity index (χ3v) is 2.82. The molecule has 0 saturated carbocycles. The number of unbranched alkanes of at least 4 members (excludes halogenated alkanes) is 1. The molecular formula is C13H18ClFN2O. The first-order valence-corrected chi connectivity index (χ1v) is 6.41. The Balaban J connectivity index is 2.50. The number of benzene rings is 1. The second-order valence-corrected chi connectivity index (χ2v) is 4.55. The van der Waals surface area contributed by atoms with Crippen molar-refractivity contribution in [3.05, 3.63) is 29.0 Å². The van der Waals surface area contributed by atoms with E-state index in [2.05, 4.69) is 17.6 Å². The summed E-state index contributed by atoms with van der Waals surface area (Å²) in [5.41, 5.74) is 0.625. The lowest BCUT2D eigenvalue weighted by Gasteiger charge is -2.15. The lowest BCUT2D eigenvalue weighted by Crippen LogP contribution is -2.37. The van der Waals surface area contributed by atoms with Gasteiger partial charge in [-0.25, -0.2) is 4.39 Å². The molecule has 5 heteroatoms. The second-order valence-electron chi connectivity index (χ2n) is 4.14.